The quantitative estimate of drug-likeness (QED) is 0.699. The average Bonchev–Trinajstić information content (AvgIpc) is 3.46. The van der Waals surface area contributed by atoms with Gasteiger partial charge in [0.1, 0.15) is 5.82 Å². The zero-order valence-electron chi connectivity index (χ0n) is 17.9. The SMILES string of the molecule is Cc1nccn1CCC(=O)N[C@]1(c2ccccc2)CCN(C(=O)C2CC=CC2)C[C@H]1O. The van der Waals surface area contributed by atoms with E-state index >= 15 is 0 Å². The number of aliphatic hydroxyl groups is 1. The summed E-state index contributed by atoms with van der Waals surface area (Å²) < 4.78 is 1.93. The van der Waals surface area contributed by atoms with E-state index in [1.807, 2.05) is 60.2 Å². The second-order valence-electron chi connectivity index (χ2n) is 8.49. The third-order valence-corrected chi connectivity index (χ3v) is 6.56. The van der Waals surface area contributed by atoms with E-state index in [4.69, 9.17) is 0 Å². The number of nitrogens with zero attached hydrogens (tertiary/aromatic N) is 3. The van der Waals surface area contributed by atoms with Crippen LogP contribution < -0.4 is 5.32 Å². The van der Waals surface area contributed by atoms with E-state index in [9.17, 15) is 14.7 Å². The van der Waals surface area contributed by atoms with Crippen molar-refractivity contribution in [2.75, 3.05) is 13.1 Å². The van der Waals surface area contributed by atoms with Crippen molar-refractivity contribution in [1.29, 1.82) is 0 Å². The molecule has 164 valence electrons. The summed E-state index contributed by atoms with van der Waals surface area (Å²) in [6.45, 7) is 3.14. The van der Waals surface area contributed by atoms with E-state index < -0.39 is 11.6 Å². The lowest BCUT2D eigenvalue weighted by atomic mass is 9.78. The van der Waals surface area contributed by atoms with Gasteiger partial charge in [-0.15, -0.1) is 0 Å². The molecule has 0 radical (unpaired) electrons. The lowest BCUT2D eigenvalue weighted by molar-refractivity contribution is -0.142. The van der Waals surface area contributed by atoms with Gasteiger partial charge < -0.3 is 19.9 Å². The van der Waals surface area contributed by atoms with Crippen molar-refractivity contribution >= 4 is 11.8 Å². The van der Waals surface area contributed by atoms with Gasteiger partial charge in [-0.25, -0.2) is 4.98 Å². The van der Waals surface area contributed by atoms with Crippen LogP contribution in [0.25, 0.3) is 0 Å². The number of piperidine rings is 1. The molecule has 2 heterocycles. The second kappa shape index (κ2) is 9.06. The summed E-state index contributed by atoms with van der Waals surface area (Å²) in [6, 6.07) is 9.60. The summed E-state index contributed by atoms with van der Waals surface area (Å²) in [5.41, 5.74) is -0.0446. The maximum atomic E-state index is 12.9. The molecule has 1 fully saturated rings. The number of imidazole rings is 1. The summed E-state index contributed by atoms with van der Waals surface area (Å²) in [7, 11) is 0. The predicted octanol–water partition coefficient (Wildman–Crippen LogP) is 2.15. The van der Waals surface area contributed by atoms with Crippen molar-refractivity contribution in [3.63, 3.8) is 0 Å². The first-order valence-corrected chi connectivity index (χ1v) is 11.0. The molecule has 2 aromatic rings. The Morgan fingerprint density at radius 1 is 1.23 bits per heavy atom. The number of amides is 2. The molecule has 2 aliphatic rings. The first kappa shape index (κ1) is 21.3. The predicted molar refractivity (Wildman–Crippen MR) is 117 cm³/mol. The van der Waals surface area contributed by atoms with Crippen LogP contribution in [0.2, 0.25) is 0 Å². The first-order chi connectivity index (χ1) is 15.0. The van der Waals surface area contributed by atoms with Gasteiger partial charge in [0.15, 0.2) is 0 Å². The Morgan fingerprint density at radius 3 is 2.61 bits per heavy atom. The van der Waals surface area contributed by atoms with E-state index in [0.29, 0.717) is 19.5 Å². The van der Waals surface area contributed by atoms with Crippen LogP contribution in [-0.2, 0) is 21.7 Å². The van der Waals surface area contributed by atoms with Gasteiger partial charge in [0.25, 0.3) is 0 Å². The summed E-state index contributed by atoms with van der Waals surface area (Å²) in [6.07, 6.45) is 9.05. The number of hydrogen-bond donors (Lipinski definition) is 2. The number of aliphatic hydroxyl groups excluding tert-OH is 1. The number of carbonyl (C=O) groups excluding carboxylic acids is 2. The molecular formula is C24H30N4O3. The summed E-state index contributed by atoms with van der Waals surface area (Å²) >= 11 is 0. The molecule has 4 rings (SSSR count). The fourth-order valence-corrected chi connectivity index (χ4v) is 4.67. The Hall–Kier alpha value is -2.93. The summed E-state index contributed by atoms with van der Waals surface area (Å²) in [4.78, 5) is 31.7. The zero-order chi connectivity index (χ0) is 21.8. The van der Waals surface area contributed by atoms with Crippen LogP contribution in [0, 0.1) is 12.8 Å². The summed E-state index contributed by atoms with van der Waals surface area (Å²) in [5, 5.41) is 14.4. The number of aryl methyl sites for hydroxylation is 2. The van der Waals surface area contributed by atoms with Gasteiger partial charge in [-0.1, -0.05) is 42.5 Å². The molecule has 1 aromatic carbocycles. The van der Waals surface area contributed by atoms with Crippen LogP contribution in [0.15, 0.2) is 54.9 Å². The molecule has 0 saturated carbocycles. The van der Waals surface area contributed by atoms with Crippen molar-refractivity contribution in [2.24, 2.45) is 5.92 Å². The highest BCUT2D eigenvalue weighted by atomic mass is 16.3. The minimum Gasteiger partial charge on any atom is -0.388 e. The van der Waals surface area contributed by atoms with Crippen LogP contribution in [0.5, 0.6) is 0 Å². The van der Waals surface area contributed by atoms with E-state index in [1.165, 1.54) is 0 Å². The molecule has 7 heteroatoms. The highest BCUT2D eigenvalue weighted by molar-refractivity contribution is 5.80. The number of benzene rings is 1. The molecule has 1 aliphatic heterocycles. The van der Waals surface area contributed by atoms with E-state index in [-0.39, 0.29) is 30.7 Å². The molecule has 2 atom stereocenters. The number of rotatable bonds is 6. The fraction of sp³-hybridized carbons (Fsp3) is 0.458. The van der Waals surface area contributed by atoms with E-state index in [2.05, 4.69) is 10.3 Å². The Balaban J connectivity index is 1.49. The second-order valence-corrected chi connectivity index (χ2v) is 8.49. The van der Waals surface area contributed by atoms with Gasteiger partial charge in [0.2, 0.25) is 11.8 Å². The molecule has 0 bridgehead atoms. The standard InChI is InChI=1S/C24H30N4O3/c1-18-25-13-16-27(18)14-11-22(30)26-24(20-9-3-2-4-10-20)12-15-28(17-21(24)29)23(31)19-7-5-6-8-19/h2-6,9-10,13,16,19,21,29H,7-8,11-12,14-15,17H2,1H3,(H,26,30)/t21-,24+/m1/s1. The third kappa shape index (κ3) is 4.42. The molecule has 2 N–H and O–H groups in total. The number of aromatic nitrogens is 2. The van der Waals surface area contributed by atoms with Crippen LogP contribution in [0.3, 0.4) is 0 Å². The van der Waals surface area contributed by atoms with Crippen molar-refractivity contribution in [1.82, 2.24) is 19.8 Å². The lowest BCUT2D eigenvalue weighted by Gasteiger charge is -2.47. The van der Waals surface area contributed by atoms with Crippen molar-refractivity contribution in [3.8, 4) is 0 Å². The van der Waals surface area contributed by atoms with Gasteiger partial charge in [0.05, 0.1) is 11.6 Å². The monoisotopic (exact) mass is 422 g/mol. The normalized spacial score (nSPS) is 23.8. The number of hydrogen-bond acceptors (Lipinski definition) is 4. The van der Waals surface area contributed by atoms with E-state index in [1.54, 1.807) is 11.1 Å². The smallest absolute Gasteiger partial charge is 0.226 e. The van der Waals surface area contributed by atoms with Gasteiger partial charge in [-0.3, -0.25) is 9.59 Å². The van der Waals surface area contributed by atoms with Crippen molar-refractivity contribution in [2.45, 2.75) is 50.8 Å². The Morgan fingerprint density at radius 2 is 1.97 bits per heavy atom. The van der Waals surface area contributed by atoms with Crippen LogP contribution in [0.4, 0.5) is 0 Å². The summed E-state index contributed by atoms with van der Waals surface area (Å²) in [5.74, 6) is 0.798. The zero-order valence-corrected chi connectivity index (χ0v) is 17.9. The number of nitrogens with one attached hydrogen (secondary N) is 1. The fourth-order valence-electron chi connectivity index (χ4n) is 4.67. The topological polar surface area (TPSA) is 87.5 Å². The van der Waals surface area contributed by atoms with Gasteiger partial charge in [-0.05, 0) is 31.7 Å². The van der Waals surface area contributed by atoms with Crippen LogP contribution in [0.1, 0.15) is 37.1 Å². The minimum absolute atomic E-state index is 0.0237. The highest BCUT2D eigenvalue weighted by Crippen LogP contribution is 2.35. The first-order valence-electron chi connectivity index (χ1n) is 11.0. The molecular weight excluding hydrogens is 392 g/mol. The average molecular weight is 423 g/mol. The number of carbonyl (C=O) groups is 2. The van der Waals surface area contributed by atoms with Crippen molar-refractivity contribution in [3.05, 3.63) is 66.3 Å². The van der Waals surface area contributed by atoms with Crippen LogP contribution in [-0.4, -0.2) is 50.6 Å². The number of allylic oxidation sites excluding steroid dienone is 2. The Kier molecular flexibility index (Phi) is 6.23. The minimum atomic E-state index is -0.910. The molecule has 1 aliphatic carbocycles. The molecule has 2 amide bonds. The molecule has 31 heavy (non-hydrogen) atoms. The molecule has 0 unspecified atom stereocenters. The Labute approximate surface area is 182 Å². The van der Waals surface area contributed by atoms with Gasteiger partial charge >= 0.3 is 0 Å². The molecule has 7 nitrogen and oxygen atoms in total. The number of β-amino-alcohol motifs (C(OH)–C–C–N with tert-alkyl or cyclic N) is 1. The molecule has 0 spiro atoms. The molecule has 1 saturated heterocycles. The van der Waals surface area contributed by atoms with Crippen LogP contribution >= 0.6 is 0 Å². The highest BCUT2D eigenvalue weighted by Gasteiger charge is 2.46. The third-order valence-electron chi connectivity index (χ3n) is 6.56. The van der Waals surface area contributed by atoms with Gasteiger partial charge in [-0.2, -0.15) is 0 Å². The maximum absolute atomic E-state index is 12.9. The molecule has 1 aromatic heterocycles. The number of likely N-dealkylation sites (tertiary alicyclic amines) is 1. The Bertz CT molecular complexity index is 947. The van der Waals surface area contributed by atoms with Gasteiger partial charge in [0, 0.05) is 44.4 Å². The maximum Gasteiger partial charge on any atom is 0.226 e. The largest absolute Gasteiger partial charge is 0.388 e. The van der Waals surface area contributed by atoms with Crippen molar-refractivity contribution < 1.29 is 14.7 Å². The lowest BCUT2D eigenvalue weighted by Crippen LogP contribution is -2.63. The van der Waals surface area contributed by atoms with E-state index in [0.717, 1.165) is 24.2 Å².